The number of carbonyl (C=O) groups is 1. The van der Waals surface area contributed by atoms with E-state index in [2.05, 4.69) is 4.99 Å². The third kappa shape index (κ3) is 2.14. The summed E-state index contributed by atoms with van der Waals surface area (Å²) in [4.78, 5) is 27.3. The fraction of sp³-hybridized carbons (Fsp3) is 0.125. The van der Waals surface area contributed by atoms with Gasteiger partial charge in [-0.25, -0.2) is 4.99 Å². The number of fused-ring (bicyclic) bond motifs is 1. The van der Waals surface area contributed by atoms with E-state index < -0.39 is 16.7 Å². The zero-order valence-electron chi connectivity index (χ0n) is 11.7. The van der Waals surface area contributed by atoms with Crippen LogP contribution < -0.4 is 4.74 Å². The van der Waals surface area contributed by atoms with Crippen LogP contribution in [0.5, 0.6) is 5.75 Å². The molecule has 22 heavy (non-hydrogen) atoms. The lowest BCUT2D eigenvalue weighted by Crippen LogP contribution is -2.31. The molecule has 0 aromatic heterocycles. The molecule has 3 rings (SSSR count). The van der Waals surface area contributed by atoms with Crippen LogP contribution in [-0.4, -0.2) is 29.6 Å². The predicted octanol–water partition coefficient (Wildman–Crippen LogP) is 2.66. The van der Waals surface area contributed by atoms with Crippen LogP contribution in [-0.2, 0) is 0 Å². The van der Waals surface area contributed by atoms with Crippen molar-refractivity contribution in [3.8, 4) is 5.75 Å². The van der Waals surface area contributed by atoms with Crippen LogP contribution in [0.25, 0.3) is 0 Å². The van der Waals surface area contributed by atoms with Crippen LogP contribution in [0, 0.1) is 10.1 Å². The van der Waals surface area contributed by atoms with Gasteiger partial charge in [0, 0.05) is 16.1 Å². The van der Waals surface area contributed by atoms with Gasteiger partial charge in [-0.05, 0) is 12.1 Å². The SMILES string of the molecule is COc1ccccc1N=C1c2ccccc2C(=O)[C@H]1[N+](=O)[O-]. The number of rotatable bonds is 3. The number of carbonyl (C=O) groups excluding carboxylic acids is 1. The number of hydrogen-bond donors (Lipinski definition) is 0. The van der Waals surface area contributed by atoms with Gasteiger partial charge in [0.05, 0.1) is 7.11 Å². The zero-order valence-corrected chi connectivity index (χ0v) is 11.7. The van der Waals surface area contributed by atoms with Gasteiger partial charge in [-0.1, -0.05) is 36.4 Å². The molecule has 0 N–H and O–H groups in total. The number of para-hydroxylation sites is 2. The van der Waals surface area contributed by atoms with Crippen molar-refractivity contribution in [1.29, 1.82) is 0 Å². The minimum absolute atomic E-state index is 0.148. The largest absolute Gasteiger partial charge is 0.494 e. The summed E-state index contributed by atoms with van der Waals surface area (Å²) >= 11 is 0. The number of nitrogens with zero attached hydrogens (tertiary/aromatic N) is 2. The van der Waals surface area contributed by atoms with E-state index >= 15 is 0 Å². The van der Waals surface area contributed by atoms with Gasteiger partial charge in [-0.3, -0.25) is 14.9 Å². The number of benzene rings is 2. The molecule has 0 bridgehead atoms. The maximum atomic E-state index is 12.2. The fourth-order valence-electron chi connectivity index (χ4n) is 2.51. The Labute approximate surface area is 126 Å². The predicted molar refractivity (Wildman–Crippen MR) is 80.7 cm³/mol. The molecule has 1 aliphatic carbocycles. The number of ketones is 1. The van der Waals surface area contributed by atoms with Crippen LogP contribution in [0.3, 0.4) is 0 Å². The summed E-state index contributed by atoms with van der Waals surface area (Å²) in [5, 5.41) is 11.3. The number of Topliss-reactive ketones (excluding diaryl/α,β-unsaturated/α-hetero) is 1. The van der Waals surface area contributed by atoms with Crippen molar-refractivity contribution in [1.82, 2.24) is 0 Å². The highest BCUT2D eigenvalue weighted by Gasteiger charge is 2.45. The van der Waals surface area contributed by atoms with Gasteiger partial charge >= 0.3 is 6.04 Å². The second kappa shape index (κ2) is 5.40. The van der Waals surface area contributed by atoms with E-state index in [0.717, 1.165) is 0 Å². The zero-order chi connectivity index (χ0) is 15.7. The highest BCUT2D eigenvalue weighted by atomic mass is 16.6. The molecule has 0 saturated carbocycles. The Morgan fingerprint density at radius 2 is 1.73 bits per heavy atom. The van der Waals surface area contributed by atoms with Crippen LogP contribution in [0.1, 0.15) is 15.9 Å². The number of hydrogen-bond acceptors (Lipinski definition) is 5. The topological polar surface area (TPSA) is 81.8 Å². The highest BCUT2D eigenvalue weighted by Crippen LogP contribution is 2.31. The van der Waals surface area contributed by atoms with Crippen molar-refractivity contribution in [2.75, 3.05) is 7.11 Å². The summed E-state index contributed by atoms with van der Waals surface area (Å²) in [6.45, 7) is 0. The van der Waals surface area contributed by atoms with Crippen molar-refractivity contribution in [2.24, 2.45) is 4.99 Å². The second-order valence-electron chi connectivity index (χ2n) is 4.77. The average Bonchev–Trinajstić information content (AvgIpc) is 2.81. The molecular weight excluding hydrogens is 284 g/mol. The van der Waals surface area contributed by atoms with Gasteiger partial charge in [0.2, 0.25) is 5.78 Å². The van der Waals surface area contributed by atoms with E-state index in [-0.39, 0.29) is 5.71 Å². The third-order valence-electron chi connectivity index (χ3n) is 3.51. The van der Waals surface area contributed by atoms with Gasteiger partial charge in [-0.2, -0.15) is 0 Å². The molecule has 6 heteroatoms. The number of methoxy groups -OCH3 is 1. The standard InChI is InChI=1S/C16H12N2O4/c1-22-13-9-5-4-8-12(13)17-14-10-6-2-3-7-11(10)16(19)15(14)18(20)21/h2-9,15H,1H3/t15-/m0/s1. The van der Waals surface area contributed by atoms with E-state index in [1.807, 2.05) is 0 Å². The van der Waals surface area contributed by atoms with Crippen LogP contribution >= 0.6 is 0 Å². The second-order valence-corrected chi connectivity index (χ2v) is 4.77. The molecule has 0 fully saturated rings. The Morgan fingerprint density at radius 1 is 1.09 bits per heavy atom. The molecule has 0 radical (unpaired) electrons. The van der Waals surface area contributed by atoms with Crippen LogP contribution in [0.2, 0.25) is 0 Å². The minimum Gasteiger partial charge on any atom is -0.494 e. The Morgan fingerprint density at radius 3 is 2.41 bits per heavy atom. The first-order valence-electron chi connectivity index (χ1n) is 6.62. The number of aliphatic imine (C=N–C) groups is 1. The summed E-state index contributed by atoms with van der Waals surface area (Å²) in [7, 11) is 1.50. The summed E-state index contributed by atoms with van der Waals surface area (Å²) in [5.41, 5.74) is 1.43. The van der Waals surface area contributed by atoms with Gasteiger partial charge in [0.15, 0.2) is 0 Å². The van der Waals surface area contributed by atoms with Gasteiger partial charge < -0.3 is 4.74 Å². The van der Waals surface area contributed by atoms with Crippen molar-refractivity contribution >= 4 is 17.2 Å². The quantitative estimate of drug-likeness (QED) is 0.644. The normalized spacial score (nSPS) is 18.3. The van der Waals surface area contributed by atoms with E-state index in [0.29, 0.717) is 22.6 Å². The molecule has 0 heterocycles. The summed E-state index contributed by atoms with van der Waals surface area (Å²) in [5.74, 6) is -0.0387. The maximum absolute atomic E-state index is 12.2. The van der Waals surface area contributed by atoms with Gasteiger partial charge in [0.25, 0.3) is 0 Å². The molecule has 0 amide bonds. The Balaban J connectivity index is 2.20. The van der Waals surface area contributed by atoms with E-state index in [1.165, 1.54) is 7.11 Å². The van der Waals surface area contributed by atoms with E-state index in [9.17, 15) is 14.9 Å². The van der Waals surface area contributed by atoms with Crippen molar-refractivity contribution in [3.63, 3.8) is 0 Å². The smallest absolute Gasteiger partial charge is 0.316 e. The molecule has 0 unspecified atom stereocenters. The minimum atomic E-state index is -1.47. The molecule has 2 aromatic carbocycles. The molecule has 0 saturated heterocycles. The first kappa shape index (κ1) is 13.9. The molecule has 110 valence electrons. The van der Waals surface area contributed by atoms with E-state index in [1.54, 1.807) is 48.5 Å². The Bertz CT molecular complexity index is 798. The first-order valence-corrected chi connectivity index (χ1v) is 6.62. The molecular formula is C16H12N2O4. The maximum Gasteiger partial charge on any atom is 0.316 e. The van der Waals surface area contributed by atoms with Crippen molar-refractivity contribution in [3.05, 3.63) is 69.8 Å². The first-order chi connectivity index (χ1) is 10.6. The number of ether oxygens (including phenoxy) is 1. The lowest BCUT2D eigenvalue weighted by atomic mass is 10.1. The lowest BCUT2D eigenvalue weighted by molar-refractivity contribution is -0.485. The summed E-state index contributed by atoms with van der Waals surface area (Å²) in [6, 6.07) is 12.1. The fourth-order valence-corrected chi connectivity index (χ4v) is 2.51. The van der Waals surface area contributed by atoms with Crippen molar-refractivity contribution < 1.29 is 14.5 Å². The molecule has 0 spiro atoms. The summed E-state index contributed by atoms with van der Waals surface area (Å²) in [6.07, 6.45) is 0. The summed E-state index contributed by atoms with van der Waals surface area (Å²) < 4.78 is 5.20. The Hall–Kier alpha value is -3.02. The van der Waals surface area contributed by atoms with Crippen LogP contribution in [0.15, 0.2) is 53.5 Å². The third-order valence-corrected chi connectivity index (χ3v) is 3.51. The molecule has 0 aliphatic heterocycles. The Kier molecular flexibility index (Phi) is 3.42. The lowest BCUT2D eigenvalue weighted by Gasteiger charge is -2.06. The van der Waals surface area contributed by atoms with E-state index in [4.69, 9.17) is 4.74 Å². The molecule has 6 nitrogen and oxygen atoms in total. The monoisotopic (exact) mass is 296 g/mol. The van der Waals surface area contributed by atoms with Gasteiger partial charge in [0.1, 0.15) is 17.1 Å². The highest BCUT2D eigenvalue weighted by molar-refractivity contribution is 6.30. The van der Waals surface area contributed by atoms with Crippen LogP contribution in [0.4, 0.5) is 5.69 Å². The molecule has 1 atom stereocenters. The molecule has 2 aromatic rings. The molecule has 1 aliphatic rings. The van der Waals surface area contributed by atoms with Gasteiger partial charge in [-0.15, -0.1) is 0 Å². The number of nitro groups is 1. The van der Waals surface area contributed by atoms with Crippen molar-refractivity contribution in [2.45, 2.75) is 6.04 Å². The average molecular weight is 296 g/mol.